The van der Waals surface area contributed by atoms with E-state index >= 15 is 0 Å². The summed E-state index contributed by atoms with van der Waals surface area (Å²) in [4.78, 5) is 12.3. The Morgan fingerprint density at radius 2 is 1.80 bits per heavy atom. The predicted molar refractivity (Wildman–Crippen MR) is 67.2 cm³/mol. The van der Waals surface area contributed by atoms with E-state index in [1.165, 1.54) is 6.07 Å². The number of carbonyl (C=O) groups excluding carboxylic acids is 1. The van der Waals surface area contributed by atoms with Crippen LogP contribution in [0.4, 0.5) is 8.78 Å². The van der Waals surface area contributed by atoms with Crippen molar-refractivity contribution in [2.24, 2.45) is 0 Å². The molecule has 2 aromatic rings. The van der Waals surface area contributed by atoms with Crippen LogP contribution < -0.4 is 9.47 Å². The Kier molecular flexibility index (Phi) is 3.10. The molecule has 0 bridgehead atoms. The van der Waals surface area contributed by atoms with Gasteiger partial charge in [0.2, 0.25) is 0 Å². The Bertz CT molecular complexity index is 683. The van der Waals surface area contributed by atoms with E-state index in [1.54, 1.807) is 12.1 Å². The fourth-order valence-electron chi connectivity index (χ4n) is 2.07. The summed E-state index contributed by atoms with van der Waals surface area (Å²) in [6, 6.07) is 7.54. The van der Waals surface area contributed by atoms with Gasteiger partial charge in [-0.15, -0.1) is 0 Å². The molecule has 0 amide bonds. The van der Waals surface area contributed by atoms with Crippen LogP contribution >= 0.6 is 0 Å². The Labute approximate surface area is 113 Å². The standard InChI is InChI=1S/C15H10F2O3/c16-9-4-5-12(17)11(8-9)14(18)10-2-1-3-13-15(10)20-7-6-19-13/h1-5,8H,6-7H2. The number of para-hydroxylation sites is 1. The van der Waals surface area contributed by atoms with E-state index in [0.29, 0.717) is 19.0 Å². The molecule has 102 valence electrons. The molecule has 2 aromatic carbocycles. The van der Waals surface area contributed by atoms with E-state index in [0.717, 1.165) is 18.2 Å². The second kappa shape index (κ2) is 4.92. The van der Waals surface area contributed by atoms with Crippen molar-refractivity contribution in [1.82, 2.24) is 0 Å². The molecule has 0 atom stereocenters. The molecule has 5 heteroatoms. The van der Waals surface area contributed by atoms with Crippen LogP contribution in [0.3, 0.4) is 0 Å². The van der Waals surface area contributed by atoms with Crippen LogP contribution in [-0.4, -0.2) is 19.0 Å². The van der Waals surface area contributed by atoms with Crippen LogP contribution in [0.5, 0.6) is 11.5 Å². The number of carbonyl (C=O) groups is 1. The Morgan fingerprint density at radius 3 is 2.65 bits per heavy atom. The highest BCUT2D eigenvalue weighted by Crippen LogP contribution is 2.35. The van der Waals surface area contributed by atoms with Gasteiger partial charge in [-0.3, -0.25) is 4.79 Å². The van der Waals surface area contributed by atoms with Crippen molar-refractivity contribution in [3.8, 4) is 11.5 Å². The SMILES string of the molecule is O=C(c1cc(F)ccc1F)c1cccc2c1OCCO2. The number of fused-ring (bicyclic) bond motifs is 1. The molecule has 3 nitrogen and oxygen atoms in total. The molecular weight excluding hydrogens is 266 g/mol. The van der Waals surface area contributed by atoms with Gasteiger partial charge in [0.05, 0.1) is 11.1 Å². The van der Waals surface area contributed by atoms with Gasteiger partial charge in [0.15, 0.2) is 17.3 Å². The lowest BCUT2D eigenvalue weighted by molar-refractivity contribution is 0.102. The third kappa shape index (κ3) is 2.11. The highest BCUT2D eigenvalue weighted by Gasteiger charge is 2.23. The molecule has 0 fully saturated rings. The maximum Gasteiger partial charge on any atom is 0.199 e. The monoisotopic (exact) mass is 276 g/mol. The molecule has 0 spiro atoms. The number of hydrogen-bond donors (Lipinski definition) is 0. The van der Waals surface area contributed by atoms with Gasteiger partial charge in [0.1, 0.15) is 24.8 Å². The summed E-state index contributed by atoms with van der Waals surface area (Å²) in [5.41, 5.74) is -0.167. The van der Waals surface area contributed by atoms with Gasteiger partial charge in [-0.2, -0.15) is 0 Å². The molecule has 20 heavy (non-hydrogen) atoms. The first-order chi connectivity index (χ1) is 9.66. The van der Waals surface area contributed by atoms with Crippen LogP contribution in [0, 0.1) is 11.6 Å². The first-order valence-corrected chi connectivity index (χ1v) is 6.05. The van der Waals surface area contributed by atoms with Crippen LogP contribution in [-0.2, 0) is 0 Å². The van der Waals surface area contributed by atoms with Gasteiger partial charge < -0.3 is 9.47 Å². The minimum atomic E-state index is -0.772. The molecule has 1 heterocycles. The molecule has 0 saturated heterocycles. The average molecular weight is 276 g/mol. The van der Waals surface area contributed by atoms with E-state index in [4.69, 9.17) is 9.47 Å². The topological polar surface area (TPSA) is 35.5 Å². The molecular formula is C15H10F2O3. The highest BCUT2D eigenvalue weighted by atomic mass is 19.1. The summed E-state index contributed by atoms with van der Waals surface area (Å²) in [7, 11) is 0. The molecule has 0 N–H and O–H groups in total. The summed E-state index contributed by atoms with van der Waals surface area (Å²) in [5, 5.41) is 0. The maximum atomic E-state index is 13.7. The molecule has 0 saturated carbocycles. The van der Waals surface area contributed by atoms with E-state index < -0.39 is 17.4 Å². The van der Waals surface area contributed by atoms with E-state index in [2.05, 4.69) is 0 Å². The first-order valence-electron chi connectivity index (χ1n) is 6.05. The van der Waals surface area contributed by atoms with Gasteiger partial charge in [-0.25, -0.2) is 8.78 Å². The van der Waals surface area contributed by atoms with Crippen molar-refractivity contribution in [1.29, 1.82) is 0 Å². The molecule has 0 aromatic heterocycles. The van der Waals surface area contributed by atoms with Gasteiger partial charge in [-0.1, -0.05) is 6.07 Å². The lowest BCUT2D eigenvalue weighted by atomic mass is 10.0. The summed E-state index contributed by atoms with van der Waals surface area (Å²) in [5.74, 6) is -1.38. The summed E-state index contributed by atoms with van der Waals surface area (Å²) >= 11 is 0. The van der Waals surface area contributed by atoms with E-state index in [9.17, 15) is 13.6 Å². The molecule has 0 radical (unpaired) electrons. The average Bonchev–Trinajstić information content (AvgIpc) is 2.48. The molecule has 1 aliphatic heterocycles. The Balaban J connectivity index is 2.09. The minimum Gasteiger partial charge on any atom is -0.486 e. The quantitative estimate of drug-likeness (QED) is 0.791. The van der Waals surface area contributed by atoms with Crippen LogP contribution in [0.15, 0.2) is 36.4 Å². The molecule has 0 unspecified atom stereocenters. The first kappa shape index (κ1) is 12.6. The minimum absolute atomic E-state index is 0.159. The van der Waals surface area contributed by atoms with Crippen molar-refractivity contribution in [2.75, 3.05) is 13.2 Å². The lowest BCUT2D eigenvalue weighted by Crippen LogP contribution is -2.18. The van der Waals surface area contributed by atoms with Crippen molar-refractivity contribution in [3.63, 3.8) is 0 Å². The van der Waals surface area contributed by atoms with Crippen LogP contribution in [0.1, 0.15) is 15.9 Å². The number of rotatable bonds is 2. The van der Waals surface area contributed by atoms with E-state index in [1.807, 2.05) is 0 Å². The number of benzene rings is 2. The van der Waals surface area contributed by atoms with Gasteiger partial charge in [0, 0.05) is 0 Å². The molecule has 0 aliphatic carbocycles. The normalized spacial score (nSPS) is 13.1. The van der Waals surface area contributed by atoms with Crippen molar-refractivity contribution >= 4 is 5.78 Å². The third-order valence-corrected chi connectivity index (χ3v) is 2.98. The molecule has 3 rings (SSSR count). The second-order valence-corrected chi connectivity index (χ2v) is 4.28. The smallest absolute Gasteiger partial charge is 0.199 e. The number of ether oxygens (including phenoxy) is 2. The second-order valence-electron chi connectivity index (χ2n) is 4.28. The largest absolute Gasteiger partial charge is 0.486 e. The zero-order valence-electron chi connectivity index (χ0n) is 10.4. The summed E-state index contributed by atoms with van der Waals surface area (Å²) < 4.78 is 37.6. The molecule has 1 aliphatic rings. The van der Waals surface area contributed by atoms with Gasteiger partial charge in [0.25, 0.3) is 0 Å². The van der Waals surface area contributed by atoms with Crippen LogP contribution in [0.2, 0.25) is 0 Å². The third-order valence-electron chi connectivity index (χ3n) is 2.98. The summed E-state index contributed by atoms with van der Waals surface area (Å²) in [6.45, 7) is 0.696. The van der Waals surface area contributed by atoms with Crippen molar-refractivity contribution in [3.05, 3.63) is 59.2 Å². The Morgan fingerprint density at radius 1 is 1.00 bits per heavy atom. The zero-order valence-corrected chi connectivity index (χ0v) is 10.4. The summed E-state index contributed by atoms with van der Waals surface area (Å²) in [6.07, 6.45) is 0. The van der Waals surface area contributed by atoms with Gasteiger partial charge in [-0.05, 0) is 30.3 Å². The highest BCUT2D eigenvalue weighted by molar-refractivity contribution is 6.11. The van der Waals surface area contributed by atoms with Crippen molar-refractivity contribution < 1.29 is 23.0 Å². The predicted octanol–water partition coefficient (Wildman–Crippen LogP) is 2.97. The maximum absolute atomic E-state index is 13.7. The fraction of sp³-hybridized carbons (Fsp3) is 0.133. The fourth-order valence-corrected chi connectivity index (χ4v) is 2.07. The zero-order chi connectivity index (χ0) is 14.1. The number of hydrogen-bond acceptors (Lipinski definition) is 3. The van der Waals surface area contributed by atoms with E-state index in [-0.39, 0.29) is 16.9 Å². The Hall–Kier alpha value is -2.43. The number of halogens is 2. The van der Waals surface area contributed by atoms with Gasteiger partial charge >= 0.3 is 0 Å². The van der Waals surface area contributed by atoms with Crippen LogP contribution in [0.25, 0.3) is 0 Å². The lowest BCUT2D eigenvalue weighted by Gasteiger charge is -2.20. The van der Waals surface area contributed by atoms with Crippen molar-refractivity contribution in [2.45, 2.75) is 0 Å². The number of ketones is 1.